The lowest BCUT2D eigenvalue weighted by molar-refractivity contribution is -0.167. The van der Waals surface area contributed by atoms with Crippen molar-refractivity contribution in [2.75, 3.05) is 26.2 Å². The van der Waals surface area contributed by atoms with Gasteiger partial charge in [-0.1, -0.05) is 66.7 Å². The van der Waals surface area contributed by atoms with Gasteiger partial charge in [0.1, 0.15) is 0 Å². The van der Waals surface area contributed by atoms with Gasteiger partial charge in [-0.3, -0.25) is 9.59 Å². The fourth-order valence-corrected chi connectivity index (χ4v) is 5.56. The van der Waals surface area contributed by atoms with Crippen LogP contribution in [0.15, 0.2) is 78.2 Å². The number of morpholine rings is 1. The Labute approximate surface area is 192 Å². The highest BCUT2D eigenvalue weighted by Gasteiger charge is 2.58. The van der Waals surface area contributed by atoms with Gasteiger partial charge in [0, 0.05) is 23.9 Å². The molecular weight excluding hydrogens is 420 g/mol. The van der Waals surface area contributed by atoms with Gasteiger partial charge in [-0.05, 0) is 22.6 Å². The molecule has 1 aromatic heterocycles. The summed E-state index contributed by atoms with van der Waals surface area (Å²) in [6.07, 6.45) is 0.333. The third-order valence-electron chi connectivity index (χ3n) is 6.44. The molecule has 5 nitrogen and oxygen atoms in total. The van der Waals surface area contributed by atoms with Crippen molar-refractivity contribution >= 4 is 23.2 Å². The summed E-state index contributed by atoms with van der Waals surface area (Å²) in [5.41, 5.74) is 1.02. The molecule has 32 heavy (non-hydrogen) atoms. The molecule has 2 saturated heterocycles. The number of thiophene rings is 1. The maximum Gasteiger partial charge on any atom is 0.257 e. The van der Waals surface area contributed by atoms with Crippen LogP contribution < -0.4 is 0 Å². The van der Waals surface area contributed by atoms with E-state index in [9.17, 15) is 9.59 Å². The van der Waals surface area contributed by atoms with Crippen LogP contribution in [0.5, 0.6) is 0 Å². The summed E-state index contributed by atoms with van der Waals surface area (Å²) in [4.78, 5) is 31.8. The Morgan fingerprint density at radius 1 is 1.03 bits per heavy atom. The van der Waals surface area contributed by atoms with Crippen LogP contribution in [0.3, 0.4) is 0 Å². The van der Waals surface area contributed by atoms with Crippen molar-refractivity contribution in [2.24, 2.45) is 0 Å². The molecule has 0 N–H and O–H groups in total. The Morgan fingerprint density at radius 2 is 1.78 bits per heavy atom. The minimum absolute atomic E-state index is 0.0167. The molecule has 5 rings (SSSR count). The zero-order valence-corrected chi connectivity index (χ0v) is 18.7. The highest BCUT2D eigenvalue weighted by Crippen LogP contribution is 2.42. The molecule has 0 saturated carbocycles. The first kappa shape index (κ1) is 20.9. The molecule has 0 bridgehead atoms. The standard InChI is InChI=1S/C26H26N2O3S/c29-24(16-20-8-3-1-4-9-20)27-13-14-31-26(19-27)23(21-10-5-2-6-11-21)18-28(25(26)30)17-22-12-7-15-32-22/h1-12,15,23H,13-14,16-19H2/t23-,26-/m0/s1. The van der Waals surface area contributed by atoms with Gasteiger partial charge in [0.15, 0.2) is 5.60 Å². The highest BCUT2D eigenvalue weighted by atomic mass is 32.1. The van der Waals surface area contributed by atoms with Crippen molar-refractivity contribution in [1.29, 1.82) is 0 Å². The Morgan fingerprint density at radius 3 is 2.50 bits per heavy atom. The summed E-state index contributed by atoms with van der Waals surface area (Å²) in [5, 5.41) is 2.03. The van der Waals surface area contributed by atoms with Crippen molar-refractivity contribution < 1.29 is 14.3 Å². The minimum Gasteiger partial charge on any atom is -0.361 e. The van der Waals surface area contributed by atoms with E-state index in [2.05, 4.69) is 18.2 Å². The highest BCUT2D eigenvalue weighted by molar-refractivity contribution is 7.09. The van der Waals surface area contributed by atoms with Gasteiger partial charge in [-0.25, -0.2) is 0 Å². The normalized spacial score (nSPS) is 23.1. The molecule has 3 aromatic rings. The average Bonchev–Trinajstić information content (AvgIpc) is 3.43. The second-order valence-electron chi connectivity index (χ2n) is 8.44. The topological polar surface area (TPSA) is 49.9 Å². The predicted octanol–water partition coefficient (Wildman–Crippen LogP) is 3.71. The molecule has 0 unspecified atom stereocenters. The molecule has 0 aliphatic carbocycles. The van der Waals surface area contributed by atoms with Gasteiger partial charge < -0.3 is 14.5 Å². The maximum atomic E-state index is 13.8. The van der Waals surface area contributed by atoms with E-state index in [0.717, 1.165) is 16.0 Å². The number of carbonyl (C=O) groups excluding carboxylic acids is 2. The Hall–Kier alpha value is -2.96. The molecule has 2 aromatic carbocycles. The zero-order chi connectivity index (χ0) is 22.0. The van der Waals surface area contributed by atoms with Crippen LogP contribution >= 0.6 is 11.3 Å². The number of ether oxygens (including phenoxy) is 1. The van der Waals surface area contributed by atoms with Crippen LogP contribution in [-0.4, -0.2) is 53.5 Å². The number of carbonyl (C=O) groups is 2. The van der Waals surface area contributed by atoms with Gasteiger partial charge in [-0.15, -0.1) is 11.3 Å². The summed E-state index contributed by atoms with van der Waals surface area (Å²) in [6, 6.07) is 23.9. The number of rotatable bonds is 5. The fraction of sp³-hybridized carbons (Fsp3) is 0.308. The number of hydrogen-bond acceptors (Lipinski definition) is 4. The van der Waals surface area contributed by atoms with Gasteiger partial charge in [0.05, 0.1) is 26.1 Å². The van der Waals surface area contributed by atoms with Crippen LogP contribution in [0.25, 0.3) is 0 Å². The molecule has 2 atom stereocenters. The predicted molar refractivity (Wildman–Crippen MR) is 124 cm³/mol. The first-order chi connectivity index (χ1) is 15.7. The number of benzene rings is 2. The average molecular weight is 447 g/mol. The molecule has 0 radical (unpaired) electrons. The second kappa shape index (κ2) is 8.88. The summed E-state index contributed by atoms with van der Waals surface area (Å²) < 4.78 is 6.30. The quantitative estimate of drug-likeness (QED) is 0.600. The molecule has 6 heteroatoms. The Bertz CT molecular complexity index is 1070. The van der Waals surface area contributed by atoms with Crippen molar-refractivity contribution in [3.63, 3.8) is 0 Å². The lowest BCUT2D eigenvalue weighted by atomic mass is 9.83. The summed E-state index contributed by atoms with van der Waals surface area (Å²) >= 11 is 1.65. The van der Waals surface area contributed by atoms with E-state index in [4.69, 9.17) is 4.74 Å². The van der Waals surface area contributed by atoms with Gasteiger partial charge in [0.2, 0.25) is 5.91 Å². The van der Waals surface area contributed by atoms with Crippen LogP contribution in [0.2, 0.25) is 0 Å². The molecule has 2 aliphatic rings. The van der Waals surface area contributed by atoms with Crippen molar-refractivity contribution in [2.45, 2.75) is 24.5 Å². The molecule has 2 aliphatic heterocycles. The van der Waals surface area contributed by atoms with Crippen molar-refractivity contribution in [1.82, 2.24) is 9.80 Å². The fourth-order valence-electron chi connectivity index (χ4n) is 4.84. The molecule has 1 spiro atoms. The van der Waals surface area contributed by atoms with Crippen molar-refractivity contribution in [3.05, 3.63) is 94.2 Å². The first-order valence-electron chi connectivity index (χ1n) is 11.0. The van der Waals surface area contributed by atoms with Gasteiger partial charge >= 0.3 is 0 Å². The summed E-state index contributed by atoms with van der Waals surface area (Å²) in [6.45, 7) is 2.32. The summed E-state index contributed by atoms with van der Waals surface area (Å²) in [7, 11) is 0. The Balaban J connectivity index is 1.43. The van der Waals surface area contributed by atoms with Crippen LogP contribution in [0, 0.1) is 0 Å². The van der Waals surface area contributed by atoms with E-state index >= 15 is 0 Å². The summed E-state index contributed by atoms with van der Waals surface area (Å²) in [5.74, 6) is -0.101. The number of hydrogen-bond donors (Lipinski definition) is 0. The third kappa shape index (κ3) is 3.96. The van der Waals surface area contributed by atoms with Crippen LogP contribution in [-0.2, 0) is 27.3 Å². The molecular formula is C26H26N2O3S. The first-order valence-corrected chi connectivity index (χ1v) is 11.9. The monoisotopic (exact) mass is 446 g/mol. The number of amides is 2. The van der Waals surface area contributed by atoms with E-state index in [1.807, 2.05) is 69.8 Å². The zero-order valence-electron chi connectivity index (χ0n) is 17.9. The molecule has 2 amide bonds. The second-order valence-corrected chi connectivity index (χ2v) is 9.48. The Kier molecular flexibility index (Phi) is 5.81. The van der Waals surface area contributed by atoms with Gasteiger partial charge in [-0.2, -0.15) is 0 Å². The lowest BCUT2D eigenvalue weighted by Crippen LogP contribution is -2.59. The molecule has 2 fully saturated rings. The van der Waals surface area contributed by atoms with E-state index in [1.54, 1.807) is 11.3 Å². The SMILES string of the molecule is O=C(Cc1ccccc1)N1CCO[C@]2(C1)C(=O)N(Cc1cccs1)C[C@H]2c1ccccc1. The third-order valence-corrected chi connectivity index (χ3v) is 7.30. The molecule has 164 valence electrons. The van der Waals surface area contributed by atoms with Crippen LogP contribution in [0.1, 0.15) is 21.9 Å². The van der Waals surface area contributed by atoms with E-state index in [-0.39, 0.29) is 24.3 Å². The maximum absolute atomic E-state index is 13.8. The number of nitrogens with zero attached hydrogens (tertiary/aromatic N) is 2. The largest absolute Gasteiger partial charge is 0.361 e. The minimum atomic E-state index is -1.04. The van der Waals surface area contributed by atoms with E-state index < -0.39 is 5.60 Å². The van der Waals surface area contributed by atoms with Crippen molar-refractivity contribution in [3.8, 4) is 0 Å². The number of likely N-dealkylation sites (tertiary alicyclic amines) is 1. The van der Waals surface area contributed by atoms with E-state index in [1.165, 1.54) is 0 Å². The van der Waals surface area contributed by atoms with E-state index in [0.29, 0.717) is 32.7 Å². The molecule has 3 heterocycles. The van der Waals surface area contributed by atoms with Crippen LogP contribution in [0.4, 0.5) is 0 Å². The smallest absolute Gasteiger partial charge is 0.257 e. The van der Waals surface area contributed by atoms with Gasteiger partial charge in [0.25, 0.3) is 5.91 Å². The lowest BCUT2D eigenvalue weighted by Gasteiger charge is -2.42.